The zero-order chi connectivity index (χ0) is 18.7. The van der Waals surface area contributed by atoms with Crippen molar-refractivity contribution in [3.05, 3.63) is 47.3 Å². The number of hydrogen-bond acceptors (Lipinski definition) is 3. The molecular weight excluding hydrogens is 330 g/mol. The number of aryl methyl sites for hydroxylation is 2. The first-order valence-corrected chi connectivity index (χ1v) is 8.87. The molecule has 0 radical (unpaired) electrons. The molecular formula is C19H25N5O2. The second-order valence-corrected chi connectivity index (χ2v) is 6.70. The molecule has 1 fully saturated rings. The lowest BCUT2D eigenvalue weighted by molar-refractivity contribution is 0.0918. The van der Waals surface area contributed by atoms with E-state index < -0.39 is 0 Å². The number of nitrogens with one attached hydrogen (secondary N) is 2. The Morgan fingerprint density at radius 2 is 1.77 bits per heavy atom. The Kier molecular flexibility index (Phi) is 5.25. The van der Waals surface area contributed by atoms with Gasteiger partial charge in [-0.1, -0.05) is 18.2 Å². The minimum Gasteiger partial charge on any atom is -0.349 e. The molecule has 138 valence electrons. The molecule has 0 spiro atoms. The molecule has 0 atom stereocenters. The van der Waals surface area contributed by atoms with Gasteiger partial charge in [-0.05, 0) is 38.8 Å². The molecule has 0 aliphatic carbocycles. The first-order chi connectivity index (χ1) is 12.5. The number of carbonyl (C=O) groups excluding carboxylic acids is 2. The van der Waals surface area contributed by atoms with E-state index in [0.717, 1.165) is 29.9 Å². The smallest absolute Gasteiger partial charge is 0.321 e. The van der Waals surface area contributed by atoms with Gasteiger partial charge in [-0.3, -0.25) is 9.48 Å². The highest BCUT2D eigenvalue weighted by molar-refractivity contribution is 5.96. The molecule has 1 aromatic carbocycles. The first-order valence-electron chi connectivity index (χ1n) is 8.87. The summed E-state index contributed by atoms with van der Waals surface area (Å²) in [6, 6.07) is 9.39. The van der Waals surface area contributed by atoms with Gasteiger partial charge in [0.1, 0.15) is 0 Å². The van der Waals surface area contributed by atoms with E-state index in [2.05, 4.69) is 15.7 Å². The monoisotopic (exact) mass is 355 g/mol. The summed E-state index contributed by atoms with van der Waals surface area (Å²) < 4.78 is 1.72. The zero-order valence-electron chi connectivity index (χ0n) is 15.5. The summed E-state index contributed by atoms with van der Waals surface area (Å²) in [5, 5.41) is 10.3. The van der Waals surface area contributed by atoms with Crippen LogP contribution in [0.1, 0.15) is 34.6 Å². The van der Waals surface area contributed by atoms with Crippen molar-refractivity contribution in [1.82, 2.24) is 20.0 Å². The van der Waals surface area contributed by atoms with Gasteiger partial charge in [0.2, 0.25) is 0 Å². The average molecular weight is 355 g/mol. The number of anilines is 1. The maximum Gasteiger partial charge on any atom is 0.321 e. The molecule has 2 N–H and O–H groups in total. The van der Waals surface area contributed by atoms with Crippen LogP contribution in [0, 0.1) is 13.8 Å². The van der Waals surface area contributed by atoms with E-state index in [1.54, 1.807) is 9.58 Å². The second kappa shape index (κ2) is 7.59. The topological polar surface area (TPSA) is 79.3 Å². The third-order valence-electron chi connectivity index (χ3n) is 4.88. The molecule has 26 heavy (non-hydrogen) atoms. The molecule has 1 aliphatic heterocycles. The van der Waals surface area contributed by atoms with Gasteiger partial charge in [-0.25, -0.2) is 4.79 Å². The molecule has 0 unspecified atom stereocenters. The Bertz CT molecular complexity index is 792. The maximum atomic E-state index is 12.6. The van der Waals surface area contributed by atoms with Gasteiger partial charge in [-0.2, -0.15) is 5.10 Å². The van der Waals surface area contributed by atoms with Crippen LogP contribution < -0.4 is 10.6 Å². The van der Waals surface area contributed by atoms with Crippen molar-refractivity contribution in [3.63, 3.8) is 0 Å². The molecule has 3 amide bonds. The van der Waals surface area contributed by atoms with Gasteiger partial charge in [0.05, 0.1) is 11.3 Å². The van der Waals surface area contributed by atoms with Crippen molar-refractivity contribution in [3.8, 4) is 0 Å². The highest BCUT2D eigenvalue weighted by atomic mass is 16.2. The van der Waals surface area contributed by atoms with Crippen molar-refractivity contribution < 1.29 is 9.59 Å². The van der Waals surface area contributed by atoms with Crippen LogP contribution in [0.3, 0.4) is 0 Å². The second-order valence-electron chi connectivity index (χ2n) is 6.70. The van der Waals surface area contributed by atoms with Crippen molar-refractivity contribution in [2.45, 2.75) is 32.7 Å². The summed E-state index contributed by atoms with van der Waals surface area (Å²) >= 11 is 0. The Morgan fingerprint density at radius 3 is 2.35 bits per heavy atom. The molecule has 7 nitrogen and oxygen atoms in total. The number of likely N-dealkylation sites (tertiary alicyclic amines) is 1. The van der Waals surface area contributed by atoms with Gasteiger partial charge in [0, 0.05) is 37.6 Å². The number of para-hydroxylation sites is 1. The lowest BCUT2D eigenvalue weighted by atomic mass is 10.0. The molecule has 0 bridgehead atoms. The minimum atomic E-state index is -0.0973. The third-order valence-corrected chi connectivity index (χ3v) is 4.88. The molecule has 2 heterocycles. The molecule has 1 saturated heterocycles. The van der Waals surface area contributed by atoms with E-state index in [1.165, 1.54) is 0 Å². The standard InChI is InChI=1S/C19H25N5O2/c1-13-17(14(2)23(3)22-13)18(25)20-16-9-11-24(12-10-16)19(26)21-15-7-5-4-6-8-15/h4-8,16H,9-12H2,1-3H3,(H,20,25)(H,21,26). The van der Waals surface area contributed by atoms with Crippen LogP contribution >= 0.6 is 0 Å². The molecule has 7 heteroatoms. The molecule has 0 saturated carbocycles. The number of rotatable bonds is 3. The van der Waals surface area contributed by atoms with Crippen LogP contribution in [-0.2, 0) is 7.05 Å². The number of nitrogens with zero attached hydrogens (tertiary/aromatic N) is 3. The fourth-order valence-corrected chi connectivity index (χ4v) is 3.31. The zero-order valence-corrected chi connectivity index (χ0v) is 15.5. The summed E-state index contributed by atoms with van der Waals surface area (Å²) in [4.78, 5) is 26.7. The highest BCUT2D eigenvalue weighted by Crippen LogP contribution is 2.16. The van der Waals surface area contributed by atoms with E-state index in [0.29, 0.717) is 18.7 Å². The lowest BCUT2D eigenvalue weighted by Gasteiger charge is -2.32. The number of piperidine rings is 1. The van der Waals surface area contributed by atoms with E-state index in [-0.39, 0.29) is 18.0 Å². The number of hydrogen-bond donors (Lipinski definition) is 2. The Hall–Kier alpha value is -2.83. The van der Waals surface area contributed by atoms with E-state index in [1.807, 2.05) is 51.2 Å². The quantitative estimate of drug-likeness (QED) is 0.888. The summed E-state index contributed by atoms with van der Waals surface area (Å²) in [5.74, 6) is -0.0831. The van der Waals surface area contributed by atoms with Crippen LogP contribution in [-0.4, -0.2) is 45.8 Å². The number of aromatic nitrogens is 2. The number of carbonyl (C=O) groups is 2. The fourth-order valence-electron chi connectivity index (χ4n) is 3.31. The van der Waals surface area contributed by atoms with Crippen LogP contribution in [0.5, 0.6) is 0 Å². The Morgan fingerprint density at radius 1 is 1.12 bits per heavy atom. The third kappa shape index (κ3) is 3.87. The molecule has 2 aromatic rings. The van der Waals surface area contributed by atoms with Crippen LogP contribution in [0.15, 0.2) is 30.3 Å². The van der Waals surface area contributed by atoms with E-state index in [9.17, 15) is 9.59 Å². The van der Waals surface area contributed by atoms with Crippen molar-refractivity contribution in [1.29, 1.82) is 0 Å². The number of amides is 3. The summed E-state index contributed by atoms with van der Waals surface area (Å²) in [7, 11) is 1.84. The van der Waals surface area contributed by atoms with Gasteiger partial charge in [0.25, 0.3) is 5.91 Å². The predicted octanol–water partition coefficient (Wildman–Crippen LogP) is 2.46. The molecule has 1 aromatic heterocycles. The van der Waals surface area contributed by atoms with E-state index in [4.69, 9.17) is 0 Å². The summed E-state index contributed by atoms with van der Waals surface area (Å²) in [6.45, 7) is 4.98. The lowest BCUT2D eigenvalue weighted by Crippen LogP contribution is -2.47. The first kappa shape index (κ1) is 18.0. The normalized spacial score (nSPS) is 15.0. The van der Waals surface area contributed by atoms with Gasteiger partial charge in [-0.15, -0.1) is 0 Å². The average Bonchev–Trinajstić information content (AvgIpc) is 2.88. The van der Waals surface area contributed by atoms with Crippen LogP contribution in [0.2, 0.25) is 0 Å². The Balaban J connectivity index is 1.52. The number of benzene rings is 1. The van der Waals surface area contributed by atoms with Crippen molar-refractivity contribution in [2.75, 3.05) is 18.4 Å². The van der Waals surface area contributed by atoms with Gasteiger partial charge in [0.15, 0.2) is 0 Å². The summed E-state index contributed by atoms with van der Waals surface area (Å²) in [6.07, 6.45) is 1.48. The fraction of sp³-hybridized carbons (Fsp3) is 0.421. The largest absolute Gasteiger partial charge is 0.349 e. The maximum absolute atomic E-state index is 12.6. The van der Waals surface area contributed by atoms with Crippen LogP contribution in [0.4, 0.5) is 10.5 Å². The minimum absolute atomic E-state index is 0.0716. The molecule has 1 aliphatic rings. The van der Waals surface area contributed by atoms with Gasteiger partial charge >= 0.3 is 6.03 Å². The number of urea groups is 1. The highest BCUT2D eigenvalue weighted by Gasteiger charge is 2.26. The molecule has 3 rings (SSSR count). The summed E-state index contributed by atoms with van der Waals surface area (Å²) in [5.41, 5.74) is 3.04. The SMILES string of the molecule is Cc1nn(C)c(C)c1C(=O)NC1CCN(C(=O)Nc2ccccc2)CC1. The Labute approximate surface area is 153 Å². The van der Waals surface area contributed by atoms with E-state index >= 15 is 0 Å². The van der Waals surface area contributed by atoms with Crippen molar-refractivity contribution in [2.24, 2.45) is 7.05 Å². The van der Waals surface area contributed by atoms with Gasteiger partial charge < -0.3 is 15.5 Å². The van der Waals surface area contributed by atoms with Crippen molar-refractivity contribution >= 4 is 17.6 Å². The van der Waals surface area contributed by atoms with Crippen LogP contribution in [0.25, 0.3) is 0 Å². The predicted molar refractivity (Wildman–Crippen MR) is 100 cm³/mol.